The second-order valence-corrected chi connectivity index (χ2v) is 5.42. The van der Waals surface area contributed by atoms with Gasteiger partial charge in [-0.25, -0.2) is 0 Å². The highest BCUT2D eigenvalue weighted by Crippen LogP contribution is 2.14. The number of carbonyl (C=O) groups is 2. The maximum absolute atomic E-state index is 10.3. The van der Waals surface area contributed by atoms with Crippen molar-refractivity contribution in [2.75, 3.05) is 0 Å². The van der Waals surface area contributed by atoms with E-state index in [9.17, 15) is 19.8 Å². The minimum atomic E-state index is -1.03. The van der Waals surface area contributed by atoms with Crippen LogP contribution in [0.2, 0.25) is 0 Å². The third-order valence-corrected chi connectivity index (χ3v) is 2.57. The Morgan fingerprint density at radius 1 is 0.952 bits per heavy atom. The van der Waals surface area contributed by atoms with Gasteiger partial charge in [-0.05, 0) is 29.4 Å². The van der Waals surface area contributed by atoms with Crippen molar-refractivity contribution in [3.63, 3.8) is 0 Å². The molecule has 0 radical (unpaired) electrons. The van der Waals surface area contributed by atoms with Gasteiger partial charge in [0.1, 0.15) is 0 Å². The van der Waals surface area contributed by atoms with E-state index in [4.69, 9.17) is 0 Å². The third kappa shape index (κ3) is 11.7. The number of hydrogen-bond acceptors (Lipinski definition) is 4. The van der Waals surface area contributed by atoms with Crippen molar-refractivity contribution in [3.05, 3.63) is 35.4 Å². The average molecular weight is 294 g/mol. The van der Waals surface area contributed by atoms with E-state index in [0.29, 0.717) is 5.92 Å². The van der Waals surface area contributed by atoms with E-state index >= 15 is 0 Å². The van der Waals surface area contributed by atoms with Crippen LogP contribution in [0.4, 0.5) is 0 Å². The SMILES string of the molecule is C.CC(C)CC(=O)[O-].CC(C)c1ccc(CC(=O)[O-])cc1. The molecule has 0 unspecified atom stereocenters. The molecule has 0 aliphatic carbocycles. The van der Waals surface area contributed by atoms with Crippen LogP contribution in [-0.2, 0) is 16.0 Å². The molecule has 120 valence electrons. The number of benzene rings is 1. The van der Waals surface area contributed by atoms with Crippen molar-refractivity contribution in [1.29, 1.82) is 0 Å². The van der Waals surface area contributed by atoms with E-state index < -0.39 is 11.9 Å². The molecule has 4 heteroatoms. The van der Waals surface area contributed by atoms with E-state index in [0.717, 1.165) is 5.56 Å². The van der Waals surface area contributed by atoms with Gasteiger partial charge >= 0.3 is 0 Å². The molecular formula is C17H26O4-2. The average Bonchev–Trinajstić information content (AvgIpc) is 2.27. The van der Waals surface area contributed by atoms with Crippen LogP contribution in [0.15, 0.2) is 24.3 Å². The molecule has 1 aromatic carbocycles. The number of carboxylic acids is 2. The second kappa shape index (κ2) is 10.9. The molecule has 21 heavy (non-hydrogen) atoms. The number of carboxylic acid groups (broad SMARTS) is 2. The number of rotatable bonds is 5. The lowest BCUT2D eigenvalue weighted by molar-refractivity contribution is -0.307. The summed E-state index contributed by atoms with van der Waals surface area (Å²) in [6.07, 6.45) is 0.165. The molecule has 0 bridgehead atoms. The number of aliphatic carboxylic acids is 2. The summed E-state index contributed by atoms with van der Waals surface area (Å²) in [5.41, 5.74) is 2.02. The van der Waals surface area contributed by atoms with Crippen LogP contribution in [-0.4, -0.2) is 11.9 Å². The molecule has 0 N–H and O–H groups in total. The van der Waals surface area contributed by atoms with Gasteiger partial charge in [-0.1, -0.05) is 59.4 Å². The Morgan fingerprint density at radius 2 is 1.43 bits per heavy atom. The fourth-order valence-corrected chi connectivity index (χ4v) is 1.52. The summed E-state index contributed by atoms with van der Waals surface area (Å²) in [6.45, 7) is 7.90. The molecule has 0 atom stereocenters. The molecule has 0 spiro atoms. The van der Waals surface area contributed by atoms with Crippen LogP contribution in [0, 0.1) is 5.92 Å². The van der Waals surface area contributed by atoms with Gasteiger partial charge in [-0.2, -0.15) is 0 Å². The van der Waals surface area contributed by atoms with Crippen LogP contribution >= 0.6 is 0 Å². The summed E-state index contributed by atoms with van der Waals surface area (Å²) in [5.74, 6) is -1.30. The Kier molecular flexibility index (Phi) is 11.1. The van der Waals surface area contributed by atoms with E-state index in [2.05, 4.69) is 13.8 Å². The van der Waals surface area contributed by atoms with Crippen LogP contribution < -0.4 is 10.2 Å². The Bertz CT molecular complexity index is 419. The summed E-state index contributed by atoms with van der Waals surface area (Å²) < 4.78 is 0. The summed E-state index contributed by atoms with van der Waals surface area (Å²) >= 11 is 0. The van der Waals surface area contributed by atoms with E-state index in [1.807, 2.05) is 38.1 Å². The molecule has 0 aliphatic heterocycles. The summed E-state index contributed by atoms with van der Waals surface area (Å²) in [5, 5.41) is 20.0. The number of hydrogen-bond donors (Lipinski definition) is 0. The van der Waals surface area contributed by atoms with Crippen LogP contribution in [0.5, 0.6) is 0 Å². The Hall–Kier alpha value is -1.84. The van der Waals surface area contributed by atoms with Crippen molar-refractivity contribution in [2.45, 2.75) is 53.9 Å². The highest BCUT2D eigenvalue weighted by atomic mass is 16.4. The van der Waals surface area contributed by atoms with Crippen molar-refractivity contribution < 1.29 is 19.8 Å². The molecule has 1 aromatic rings. The molecule has 0 saturated heterocycles. The van der Waals surface area contributed by atoms with Crippen LogP contribution in [0.3, 0.4) is 0 Å². The van der Waals surface area contributed by atoms with Gasteiger partial charge < -0.3 is 19.8 Å². The first-order chi connectivity index (χ1) is 9.22. The van der Waals surface area contributed by atoms with Gasteiger partial charge in [0.15, 0.2) is 0 Å². The zero-order chi connectivity index (χ0) is 15.7. The predicted molar refractivity (Wildman–Crippen MR) is 80.4 cm³/mol. The van der Waals surface area contributed by atoms with Gasteiger partial charge in [0, 0.05) is 18.4 Å². The minimum absolute atomic E-state index is 0. The lowest BCUT2D eigenvalue weighted by Gasteiger charge is -2.06. The number of carbonyl (C=O) groups excluding carboxylic acids is 2. The molecule has 1 rings (SSSR count). The third-order valence-electron chi connectivity index (χ3n) is 2.57. The van der Waals surface area contributed by atoms with Crippen molar-refractivity contribution in [3.8, 4) is 0 Å². The monoisotopic (exact) mass is 294 g/mol. The highest BCUT2D eigenvalue weighted by molar-refractivity contribution is 5.67. The van der Waals surface area contributed by atoms with Gasteiger partial charge in [0.2, 0.25) is 0 Å². The standard InChI is InChI=1S/C11H14O2.C5H10O2.CH4/c1-8(2)10-5-3-9(4-6-10)7-11(12)13;1-4(2)3-5(6)7;/h3-6,8H,7H2,1-2H3,(H,12,13);4H,3H2,1-2H3,(H,6,7);1H4/p-2. The van der Waals surface area contributed by atoms with E-state index in [-0.39, 0.29) is 26.2 Å². The zero-order valence-electron chi connectivity index (χ0n) is 12.5. The zero-order valence-corrected chi connectivity index (χ0v) is 12.5. The maximum Gasteiger partial charge on any atom is 0.0458 e. The fourth-order valence-electron chi connectivity index (χ4n) is 1.52. The van der Waals surface area contributed by atoms with Crippen molar-refractivity contribution >= 4 is 11.9 Å². The van der Waals surface area contributed by atoms with Gasteiger partial charge in [-0.15, -0.1) is 0 Å². The topological polar surface area (TPSA) is 80.3 Å². The molecular weight excluding hydrogens is 268 g/mol. The lowest BCUT2D eigenvalue weighted by Crippen LogP contribution is -2.24. The maximum atomic E-state index is 10.3. The molecule has 0 amide bonds. The van der Waals surface area contributed by atoms with Gasteiger partial charge in [0.25, 0.3) is 0 Å². The summed E-state index contributed by atoms with van der Waals surface area (Å²) in [6, 6.07) is 7.60. The van der Waals surface area contributed by atoms with E-state index in [1.54, 1.807) is 0 Å². The molecule has 4 nitrogen and oxygen atoms in total. The van der Waals surface area contributed by atoms with Crippen LogP contribution in [0.1, 0.15) is 58.6 Å². The molecule has 0 saturated carbocycles. The lowest BCUT2D eigenvalue weighted by atomic mass is 10.0. The molecule has 0 heterocycles. The Morgan fingerprint density at radius 3 is 1.67 bits per heavy atom. The van der Waals surface area contributed by atoms with Crippen molar-refractivity contribution in [2.24, 2.45) is 5.92 Å². The van der Waals surface area contributed by atoms with Crippen LogP contribution in [0.25, 0.3) is 0 Å². The highest BCUT2D eigenvalue weighted by Gasteiger charge is 1.98. The normalized spacial score (nSPS) is 9.62. The molecule has 0 aromatic heterocycles. The molecule has 0 fully saturated rings. The Balaban J connectivity index is 0. The first kappa shape index (κ1) is 21.5. The summed E-state index contributed by atoms with van der Waals surface area (Å²) in [7, 11) is 0. The minimum Gasteiger partial charge on any atom is -0.550 e. The van der Waals surface area contributed by atoms with Gasteiger partial charge in [-0.3, -0.25) is 0 Å². The quantitative estimate of drug-likeness (QED) is 0.824. The largest absolute Gasteiger partial charge is 0.550 e. The summed E-state index contributed by atoms with van der Waals surface area (Å²) in [4.78, 5) is 20.0. The smallest absolute Gasteiger partial charge is 0.0458 e. The van der Waals surface area contributed by atoms with Gasteiger partial charge in [0.05, 0.1) is 0 Å². The predicted octanol–water partition coefficient (Wildman–Crippen LogP) is 1.52. The molecule has 0 aliphatic rings. The first-order valence-corrected chi connectivity index (χ1v) is 6.70. The van der Waals surface area contributed by atoms with E-state index in [1.165, 1.54) is 5.56 Å². The fraction of sp³-hybridized carbons (Fsp3) is 0.529. The second-order valence-electron chi connectivity index (χ2n) is 5.42. The first-order valence-electron chi connectivity index (χ1n) is 6.70. The Labute approximate surface area is 127 Å². The van der Waals surface area contributed by atoms with Crippen molar-refractivity contribution in [1.82, 2.24) is 0 Å².